The number of carbonyl (C=O) groups excluding carboxylic acids is 2. The van der Waals surface area contributed by atoms with Gasteiger partial charge in [-0.05, 0) is 18.1 Å². The minimum absolute atomic E-state index is 0.0541. The smallest absolute Gasteiger partial charge is 0.326 e. The van der Waals surface area contributed by atoms with E-state index >= 15 is 0 Å². The summed E-state index contributed by atoms with van der Waals surface area (Å²) in [4.78, 5) is 35.5. The fourth-order valence-corrected chi connectivity index (χ4v) is 3.00. The van der Waals surface area contributed by atoms with Crippen molar-refractivity contribution in [1.82, 2.24) is 10.6 Å². The summed E-state index contributed by atoms with van der Waals surface area (Å²) in [6.45, 7) is 3.38. The van der Waals surface area contributed by atoms with E-state index in [0.29, 0.717) is 12.8 Å². The van der Waals surface area contributed by atoms with Crippen molar-refractivity contribution in [3.05, 3.63) is 35.6 Å². The number of rotatable bonds is 13. The Morgan fingerprint density at radius 2 is 1.64 bits per heavy atom. The number of unbranched alkanes of at least 4 members (excludes halogenated alkanes) is 5. The third-order valence-corrected chi connectivity index (χ3v) is 4.54. The summed E-state index contributed by atoms with van der Waals surface area (Å²) in [5.41, 5.74) is 0.277. The molecule has 0 saturated heterocycles. The van der Waals surface area contributed by atoms with Crippen LogP contribution in [-0.2, 0) is 20.8 Å². The third kappa shape index (κ3) is 8.97. The van der Waals surface area contributed by atoms with Crippen molar-refractivity contribution < 1.29 is 23.9 Å². The molecule has 1 aromatic rings. The summed E-state index contributed by atoms with van der Waals surface area (Å²) < 4.78 is 13.9. The molecule has 0 bridgehead atoms. The zero-order valence-corrected chi connectivity index (χ0v) is 16.7. The molecule has 0 heterocycles. The van der Waals surface area contributed by atoms with E-state index in [-0.39, 0.29) is 12.0 Å². The summed E-state index contributed by atoms with van der Waals surface area (Å²) in [6.07, 6.45) is 6.32. The second-order valence-electron chi connectivity index (χ2n) is 7.00. The standard InChI is InChI=1S/C21H31FN2O4/c1-3-4-5-6-7-8-13-18(21(27)28)24-20(26)19(23-15(2)25)14-16-11-9-10-12-17(16)22/h9-12,18-19H,3-8,13-14H2,1-2H3,(H,23,25)(H,24,26)(H,27,28)/t18-,19-/m1/s1. The molecule has 0 unspecified atom stereocenters. The summed E-state index contributed by atoms with van der Waals surface area (Å²) in [5, 5.41) is 14.4. The molecule has 1 aromatic carbocycles. The number of carboxylic acid groups (broad SMARTS) is 1. The van der Waals surface area contributed by atoms with Gasteiger partial charge in [0.15, 0.2) is 0 Å². The molecule has 2 atom stereocenters. The lowest BCUT2D eigenvalue weighted by molar-refractivity contribution is -0.142. The van der Waals surface area contributed by atoms with E-state index in [1.165, 1.54) is 25.1 Å². The van der Waals surface area contributed by atoms with Crippen molar-refractivity contribution in [3.8, 4) is 0 Å². The predicted molar refractivity (Wildman–Crippen MR) is 105 cm³/mol. The molecular formula is C21H31FN2O4. The first-order valence-corrected chi connectivity index (χ1v) is 9.88. The molecular weight excluding hydrogens is 363 g/mol. The van der Waals surface area contributed by atoms with Crippen LogP contribution < -0.4 is 10.6 Å². The van der Waals surface area contributed by atoms with Gasteiger partial charge in [0.05, 0.1) is 0 Å². The van der Waals surface area contributed by atoms with Crippen LogP contribution in [0.3, 0.4) is 0 Å². The summed E-state index contributed by atoms with van der Waals surface area (Å²) in [6, 6.07) is 3.91. The van der Waals surface area contributed by atoms with Crippen molar-refractivity contribution in [3.63, 3.8) is 0 Å². The van der Waals surface area contributed by atoms with Crippen LogP contribution in [0.4, 0.5) is 4.39 Å². The maximum Gasteiger partial charge on any atom is 0.326 e. The van der Waals surface area contributed by atoms with E-state index in [2.05, 4.69) is 17.6 Å². The number of carbonyl (C=O) groups is 3. The van der Waals surface area contributed by atoms with Crippen LogP contribution in [0.1, 0.15) is 64.4 Å². The summed E-state index contributed by atoms with van der Waals surface area (Å²) >= 11 is 0. The van der Waals surface area contributed by atoms with Crippen LogP contribution in [0.15, 0.2) is 24.3 Å². The fraction of sp³-hybridized carbons (Fsp3) is 0.571. The number of aliphatic carboxylic acids is 1. The molecule has 1 rings (SSSR count). The molecule has 0 aromatic heterocycles. The number of hydrogen-bond donors (Lipinski definition) is 3. The minimum atomic E-state index is -1.12. The van der Waals surface area contributed by atoms with Crippen LogP contribution in [0.25, 0.3) is 0 Å². The van der Waals surface area contributed by atoms with Crippen LogP contribution in [0.2, 0.25) is 0 Å². The van der Waals surface area contributed by atoms with Crippen LogP contribution in [0.5, 0.6) is 0 Å². The van der Waals surface area contributed by atoms with Crippen molar-refractivity contribution in [2.45, 2.75) is 77.3 Å². The van der Waals surface area contributed by atoms with E-state index < -0.39 is 35.7 Å². The molecule has 0 fully saturated rings. The van der Waals surface area contributed by atoms with Crippen molar-refractivity contribution >= 4 is 17.8 Å². The van der Waals surface area contributed by atoms with Gasteiger partial charge in [0.2, 0.25) is 11.8 Å². The molecule has 2 amide bonds. The zero-order valence-electron chi connectivity index (χ0n) is 16.7. The lowest BCUT2D eigenvalue weighted by atomic mass is 10.0. The molecule has 7 heteroatoms. The van der Waals surface area contributed by atoms with Crippen molar-refractivity contribution in [1.29, 1.82) is 0 Å². The minimum Gasteiger partial charge on any atom is -0.480 e. The first kappa shape index (κ1) is 23.6. The molecule has 0 aliphatic heterocycles. The van der Waals surface area contributed by atoms with Gasteiger partial charge in [-0.3, -0.25) is 9.59 Å². The van der Waals surface area contributed by atoms with Gasteiger partial charge in [-0.2, -0.15) is 0 Å². The van der Waals surface area contributed by atoms with Crippen LogP contribution in [0, 0.1) is 5.82 Å². The largest absolute Gasteiger partial charge is 0.480 e. The van der Waals surface area contributed by atoms with Gasteiger partial charge in [0, 0.05) is 13.3 Å². The third-order valence-electron chi connectivity index (χ3n) is 4.54. The van der Waals surface area contributed by atoms with E-state index in [0.717, 1.165) is 32.1 Å². The first-order valence-electron chi connectivity index (χ1n) is 9.88. The van der Waals surface area contributed by atoms with Gasteiger partial charge >= 0.3 is 5.97 Å². The Kier molecular flexibility index (Phi) is 10.8. The number of carboxylic acids is 1. The Labute approximate surface area is 165 Å². The highest BCUT2D eigenvalue weighted by Crippen LogP contribution is 2.11. The molecule has 0 aliphatic carbocycles. The SMILES string of the molecule is CCCCCCCC[C@@H](NC(=O)[C@@H](Cc1ccccc1F)NC(C)=O)C(=O)O. The van der Waals surface area contributed by atoms with E-state index in [9.17, 15) is 23.9 Å². The average molecular weight is 394 g/mol. The van der Waals surface area contributed by atoms with E-state index in [4.69, 9.17) is 0 Å². The number of halogens is 1. The quantitative estimate of drug-likeness (QED) is 0.448. The number of hydrogen-bond acceptors (Lipinski definition) is 3. The first-order chi connectivity index (χ1) is 13.3. The molecule has 3 N–H and O–H groups in total. The summed E-state index contributed by atoms with van der Waals surface area (Å²) in [5.74, 6) is -2.67. The molecule has 6 nitrogen and oxygen atoms in total. The Balaban J connectivity index is 2.67. The molecule has 0 spiro atoms. The van der Waals surface area contributed by atoms with Gasteiger partial charge < -0.3 is 15.7 Å². The maximum absolute atomic E-state index is 13.9. The highest BCUT2D eigenvalue weighted by Gasteiger charge is 2.26. The van der Waals surface area contributed by atoms with Gasteiger partial charge in [-0.15, -0.1) is 0 Å². The highest BCUT2D eigenvalue weighted by molar-refractivity contribution is 5.90. The Hall–Kier alpha value is -2.44. The normalized spacial score (nSPS) is 12.8. The van der Waals surface area contributed by atoms with Gasteiger partial charge in [-0.25, -0.2) is 9.18 Å². The van der Waals surface area contributed by atoms with Crippen LogP contribution >= 0.6 is 0 Å². The Morgan fingerprint density at radius 1 is 1.00 bits per heavy atom. The van der Waals surface area contributed by atoms with Gasteiger partial charge in [0.25, 0.3) is 0 Å². The Bertz CT molecular complexity index is 651. The number of benzene rings is 1. The van der Waals surface area contributed by atoms with Crippen molar-refractivity contribution in [2.75, 3.05) is 0 Å². The second kappa shape index (κ2) is 12.9. The van der Waals surface area contributed by atoms with Gasteiger partial charge in [0.1, 0.15) is 17.9 Å². The topological polar surface area (TPSA) is 95.5 Å². The van der Waals surface area contributed by atoms with Crippen molar-refractivity contribution in [2.24, 2.45) is 0 Å². The highest BCUT2D eigenvalue weighted by atomic mass is 19.1. The number of amides is 2. The summed E-state index contributed by atoms with van der Waals surface area (Å²) in [7, 11) is 0. The molecule has 156 valence electrons. The van der Waals surface area contributed by atoms with E-state index in [1.54, 1.807) is 6.07 Å². The molecule has 0 radical (unpaired) electrons. The molecule has 0 aliphatic rings. The number of nitrogens with one attached hydrogen (secondary N) is 2. The lowest BCUT2D eigenvalue weighted by Gasteiger charge is -2.21. The second-order valence-corrected chi connectivity index (χ2v) is 7.00. The molecule has 0 saturated carbocycles. The van der Waals surface area contributed by atoms with Gasteiger partial charge in [-0.1, -0.05) is 63.6 Å². The average Bonchev–Trinajstić information content (AvgIpc) is 2.64. The predicted octanol–water partition coefficient (Wildman–Crippen LogP) is 3.19. The monoisotopic (exact) mass is 394 g/mol. The van der Waals surface area contributed by atoms with Crippen LogP contribution in [-0.4, -0.2) is 35.0 Å². The Morgan fingerprint density at radius 3 is 2.25 bits per heavy atom. The zero-order chi connectivity index (χ0) is 20.9. The maximum atomic E-state index is 13.9. The molecule has 28 heavy (non-hydrogen) atoms. The fourth-order valence-electron chi connectivity index (χ4n) is 3.00. The lowest BCUT2D eigenvalue weighted by Crippen LogP contribution is -2.52. The van der Waals surface area contributed by atoms with E-state index in [1.807, 2.05) is 0 Å².